The Balaban J connectivity index is 2.02. The maximum Gasteiger partial charge on any atom is 0.123 e. The lowest BCUT2D eigenvalue weighted by atomic mass is 10.3. The van der Waals surface area contributed by atoms with Gasteiger partial charge < -0.3 is 5.73 Å². The summed E-state index contributed by atoms with van der Waals surface area (Å²) < 4.78 is 0. The van der Waals surface area contributed by atoms with Crippen LogP contribution in [-0.4, -0.2) is 9.97 Å². The second kappa shape index (κ2) is 5.18. The smallest absolute Gasteiger partial charge is 0.123 e. The van der Waals surface area contributed by atoms with Crippen molar-refractivity contribution in [3.05, 3.63) is 47.4 Å². The SMILES string of the molecule is Nc1ccc(SCc2ccncc2Cl)cn1. The Morgan fingerprint density at radius 2 is 2.12 bits per heavy atom. The van der Waals surface area contributed by atoms with E-state index in [1.54, 1.807) is 36.4 Å². The molecule has 2 heterocycles. The van der Waals surface area contributed by atoms with Crippen molar-refractivity contribution in [1.82, 2.24) is 9.97 Å². The molecule has 82 valence electrons. The van der Waals surface area contributed by atoms with E-state index < -0.39 is 0 Å². The van der Waals surface area contributed by atoms with Gasteiger partial charge in [-0.1, -0.05) is 11.6 Å². The van der Waals surface area contributed by atoms with E-state index in [0.717, 1.165) is 16.2 Å². The zero-order chi connectivity index (χ0) is 11.4. The fourth-order valence-corrected chi connectivity index (χ4v) is 2.29. The van der Waals surface area contributed by atoms with Crippen LogP contribution in [-0.2, 0) is 5.75 Å². The van der Waals surface area contributed by atoms with Gasteiger partial charge >= 0.3 is 0 Å². The maximum atomic E-state index is 6.00. The molecular formula is C11H10ClN3S. The van der Waals surface area contributed by atoms with Crippen LogP contribution in [0.15, 0.2) is 41.7 Å². The number of aromatic nitrogens is 2. The first kappa shape index (κ1) is 11.2. The molecule has 0 aliphatic carbocycles. The molecule has 0 unspecified atom stereocenters. The third-order valence-corrected chi connectivity index (χ3v) is 3.38. The minimum atomic E-state index is 0.534. The van der Waals surface area contributed by atoms with Gasteiger partial charge in [0.15, 0.2) is 0 Å². The highest BCUT2D eigenvalue weighted by molar-refractivity contribution is 7.98. The molecule has 0 aliphatic heterocycles. The van der Waals surface area contributed by atoms with Gasteiger partial charge in [-0.2, -0.15) is 0 Å². The summed E-state index contributed by atoms with van der Waals surface area (Å²) in [6, 6.07) is 5.65. The quantitative estimate of drug-likeness (QED) is 0.852. The molecule has 0 bridgehead atoms. The van der Waals surface area contributed by atoms with Gasteiger partial charge in [0.05, 0.1) is 5.02 Å². The summed E-state index contributed by atoms with van der Waals surface area (Å²) in [6.45, 7) is 0. The minimum absolute atomic E-state index is 0.534. The molecule has 0 radical (unpaired) electrons. The normalized spacial score (nSPS) is 10.3. The molecule has 0 fully saturated rings. The zero-order valence-electron chi connectivity index (χ0n) is 8.43. The number of thioether (sulfide) groups is 1. The number of nitrogens with two attached hydrogens (primary N) is 1. The van der Waals surface area contributed by atoms with E-state index in [9.17, 15) is 0 Å². The second-order valence-electron chi connectivity index (χ2n) is 3.17. The molecule has 0 atom stereocenters. The van der Waals surface area contributed by atoms with Crippen LogP contribution in [0.5, 0.6) is 0 Å². The number of nitrogen functional groups attached to an aromatic ring is 1. The maximum absolute atomic E-state index is 6.00. The van der Waals surface area contributed by atoms with Crippen molar-refractivity contribution >= 4 is 29.2 Å². The van der Waals surface area contributed by atoms with E-state index in [4.69, 9.17) is 17.3 Å². The summed E-state index contributed by atoms with van der Waals surface area (Å²) in [7, 11) is 0. The summed E-state index contributed by atoms with van der Waals surface area (Å²) in [6.07, 6.45) is 5.15. The van der Waals surface area contributed by atoms with Crippen LogP contribution in [0.1, 0.15) is 5.56 Å². The van der Waals surface area contributed by atoms with Crippen LogP contribution in [0.3, 0.4) is 0 Å². The Kier molecular flexibility index (Phi) is 3.64. The Morgan fingerprint density at radius 3 is 2.81 bits per heavy atom. The second-order valence-corrected chi connectivity index (χ2v) is 4.63. The van der Waals surface area contributed by atoms with Crippen LogP contribution >= 0.6 is 23.4 Å². The van der Waals surface area contributed by atoms with Crippen LogP contribution in [0.4, 0.5) is 5.82 Å². The highest BCUT2D eigenvalue weighted by Crippen LogP contribution is 2.25. The van der Waals surface area contributed by atoms with E-state index >= 15 is 0 Å². The van der Waals surface area contributed by atoms with Gasteiger partial charge in [0.25, 0.3) is 0 Å². The first-order chi connectivity index (χ1) is 7.75. The fourth-order valence-electron chi connectivity index (χ4n) is 1.16. The van der Waals surface area contributed by atoms with Crippen LogP contribution in [0.25, 0.3) is 0 Å². The highest BCUT2D eigenvalue weighted by atomic mass is 35.5. The summed E-state index contributed by atoms with van der Waals surface area (Å²) in [5.74, 6) is 1.33. The van der Waals surface area contributed by atoms with Crippen molar-refractivity contribution in [2.45, 2.75) is 10.6 Å². The molecule has 0 aliphatic rings. The number of hydrogen-bond acceptors (Lipinski definition) is 4. The van der Waals surface area contributed by atoms with E-state index in [-0.39, 0.29) is 0 Å². The molecule has 16 heavy (non-hydrogen) atoms. The lowest BCUT2D eigenvalue weighted by Gasteiger charge is -2.03. The van der Waals surface area contributed by atoms with Crippen molar-refractivity contribution in [1.29, 1.82) is 0 Å². The zero-order valence-corrected chi connectivity index (χ0v) is 10.0. The molecular weight excluding hydrogens is 242 g/mol. The number of hydrogen-bond donors (Lipinski definition) is 1. The first-order valence-corrected chi connectivity index (χ1v) is 6.05. The van der Waals surface area contributed by atoms with Crippen LogP contribution in [0.2, 0.25) is 5.02 Å². The molecule has 0 saturated heterocycles. The standard InChI is InChI=1S/C11H10ClN3S/c12-10-6-14-4-3-8(10)7-16-9-1-2-11(13)15-5-9/h1-6H,7H2,(H2,13,15). The van der Waals surface area contributed by atoms with Gasteiger partial charge in [-0.05, 0) is 23.8 Å². The third-order valence-electron chi connectivity index (χ3n) is 2.01. The number of halogens is 1. The molecule has 2 rings (SSSR count). The third kappa shape index (κ3) is 2.87. The lowest BCUT2D eigenvalue weighted by molar-refractivity contribution is 1.23. The van der Waals surface area contributed by atoms with Gasteiger partial charge in [0, 0.05) is 29.2 Å². The van der Waals surface area contributed by atoms with Crippen LogP contribution in [0, 0.1) is 0 Å². The number of rotatable bonds is 3. The Morgan fingerprint density at radius 1 is 1.25 bits per heavy atom. The molecule has 0 saturated carbocycles. The molecule has 0 aromatic carbocycles. The Bertz CT molecular complexity index is 473. The van der Waals surface area contributed by atoms with Crippen molar-refractivity contribution in [3.63, 3.8) is 0 Å². The number of pyridine rings is 2. The molecule has 2 aromatic rings. The van der Waals surface area contributed by atoms with Gasteiger partial charge in [0.1, 0.15) is 5.82 Å². The van der Waals surface area contributed by atoms with Crippen LogP contribution < -0.4 is 5.73 Å². The van der Waals surface area contributed by atoms with E-state index in [1.165, 1.54) is 0 Å². The Labute approximate surface area is 103 Å². The summed E-state index contributed by atoms with van der Waals surface area (Å²) in [5, 5.41) is 0.693. The van der Waals surface area contributed by atoms with E-state index in [1.807, 2.05) is 12.1 Å². The van der Waals surface area contributed by atoms with Gasteiger partial charge in [-0.25, -0.2) is 4.98 Å². The molecule has 5 heteroatoms. The van der Waals surface area contributed by atoms with Gasteiger partial charge in [0.2, 0.25) is 0 Å². The summed E-state index contributed by atoms with van der Waals surface area (Å²) >= 11 is 7.67. The van der Waals surface area contributed by atoms with Crippen molar-refractivity contribution in [2.24, 2.45) is 0 Å². The predicted octanol–water partition coefficient (Wildman–Crippen LogP) is 3.00. The van der Waals surface area contributed by atoms with Gasteiger partial charge in [-0.15, -0.1) is 11.8 Å². The van der Waals surface area contributed by atoms with Crippen molar-refractivity contribution in [3.8, 4) is 0 Å². The highest BCUT2D eigenvalue weighted by Gasteiger charge is 2.01. The largest absolute Gasteiger partial charge is 0.384 e. The molecule has 2 N–H and O–H groups in total. The number of nitrogens with zero attached hydrogens (tertiary/aromatic N) is 2. The summed E-state index contributed by atoms with van der Waals surface area (Å²) in [5.41, 5.74) is 6.58. The van der Waals surface area contributed by atoms with Crippen molar-refractivity contribution in [2.75, 3.05) is 5.73 Å². The van der Waals surface area contributed by atoms with Gasteiger partial charge in [-0.3, -0.25) is 4.98 Å². The topological polar surface area (TPSA) is 51.8 Å². The predicted molar refractivity (Wildman–Crippen MR) is 67.5 cm³/mol. The lowest BCUT2D eigenvalue weighted by Crippen LogP contribution is -1.88. The number of anilines is 1. The molecule has 0 spiro atoms. The molecule has 3 nitrogen and oxygen atoms in total. The molecule has 0 amide bonds. The molecule has 2 aromatic heterocycles. The fraction of sp³-hybridized carbons (Fsp3) is 0.0909. The minimum Gasteiger partial charge on any atom is -0.384 e. The average Bonchev–Trinajstić information content (AvgIpc) is 2.30. The summed E-state index contributed by atoms with van der Waals surface area (Å²) in [4.78, 5) is 9.04. The Hall–Kier alpha value is -1.26. The monoisotopic (exact) mass is 251 g/mol. The van der Waals surface area contributed by atoms with E-state index in [0.29, 0.717) is 10.8 Å². The average molecular weight is 252 g/mol. The van der Waals surface area contributed by atoms with Crippen molar-refractivity contribution < 1.29 is 0 Å². The first-order valence-electron chi connectivity index (χ1n) is 4.68. The van der Waals surface area contributed by atoms with E-state index in [2.05, 4.69) is 9.97 Å².